The van der Waals surface area contributed by atoms with Crippen molar-refractivity contribution in [1.82, 2.24) is 0 Å². The highest BCUT2D eigenvalue weighted by Crippen LogP contribution is 2.57. The molecule has 0 amide bonds. The van der Waals surface area contributed by atoms with Crippen LogP contribution in [0.15, 0.2) is 24.3 Å². The van der Waals surface area contributed by atoms with E-state index < -0.39 is 0 Å². The fourth-order valence-corrected chi connectivity index (χ4v) is 6.52. The molecule has 4 heteroatoms. The Morgan fingerprint density at radius 1 is 0.897 bits per heavy atom. The van der Waals surface area contributed by atoms with Gasteiger partial charge in [-0.3, -0.25) is 9.59 Å². The van der Waals surface area contributed by atoms with E-state index in [1.165, 1.54) is 24.1 Å². The summed E-state index contributed by atoms with van der Waals surface area (Å²) in [5.41, 5.74) is 3.09. The lowest BCUT2D eigenvalue weighted by molar-refractivity contribution is 0.0406. The summed E-state index contributed by atoms with van der Waals surface area (Å²) in [6, 6.07) is 6.33. The predicted molar refractivity (Wildman–Crippen MR) is 110 cm³/mol. The molecule has 1 saturated carbocycles. The predicted octanol–water partition coefficient (Wildman–Crippen LogP) is 4.90. The molecule has 2 aromatic rings. The van der Waals surface area contributed by atoms with Gasteiger partial charge in [-0.15, -0.1) is 0 Å². The lowest BCUT2D eigenvalue weighted by Gasteiger charge is -2.54. The zero-order valence-corrected chi connectivity index (χ0v) is 17.1. The number of hydrogen-bond donors (Lipinski definition) is 2. The number of rotatable bonds is 0. The molecule has 0 aliphatic heterocycles. The van der Waals surface area contributed by atoms with Gasteiger partial charge in [-0.25, -0.2) is 0 Å². The van der Waals surface area contributed by atoms with Gasteiger partial charge in [0, 0.05) is 11.1 Å². The summed E-state index contributed by atoms with van der Waals surface area (Å²) < 4.78 is 0. The summed E-state index contributed by atoms with van der Waals surface area (Å²) in [7, 11) is 0. The summed E-state index contributed by atoms with van der Waals surface area (Å²) in [6.45, 7) is 7.02. The summed E-state index contributed by atoms with van der Waals surface area (Å²) >= 11 is 0. The standard InChI is InChI=1S/C25H26O4/c1-24(2)9-4-10-25(3)16-12-15-14(11-13(16)5-8-19(24)25)22(28)20-17(26)6-7-18(27)21(20)23(15)29/h6-7,11-12,19,26-27H,4-5,8-10H2,1-3H3/t19-,25+/m0/s1. The molecule has 4 nitrogen and oxygen atoms in total. The zero-order chi connectivity index (χ0) is 20.7. The first-order valence-electron chi connectivity index (χ1n) is 10.5. The number of benzene rings is 2. The van der Waals surface area contributed by atoms with E-state index in [0.29, 0.717) is 17.0 Å². The normalized spacial score (nSPS) is 26.9. The van der Waals surface area contributed by atoms with E-state index in [4.69, 9.17) is 0 Å². The maximum Gasteiger partial charge on any atom is 0.198 e. The Labute approximate surface area is 170 Å². The molecule has 29 heavy (non-hydrogen) atoms. The minimum absolute atomic E-state index is 0.0190. The highest BCUT2D eigenvalue weighted by molar-refractivity contribution is 6.30. The van der Waals surface area contributed by atoms with Gasteiger partial charge in [-0.2, -0.15) is 0 Å². The first-order valence-corrected chi connectivity index (χ1v) is 10.5. The summed E-state index contributed by atoms with van der Waals surface area (Å²) in [4.78, 5) is 26.4. The van der Waals surface area contributed by atoms with Crippen LogP contribution in [-0.4, -0.2) is 21.8 Å². The smallest absolute Gasteiger partial charge is 0.198 e. The van der Waals surface area contributed by atoms with Crippen molar-refractivity contribution in [2.24, 2.45) is 11.3 Å². The van der Waals surface area contributed by atoms with Crippen LogP contribution in [0, 0.1) is 11.3 Å². The second kappa shape index (κ2) is 5.71. The molecule has 5 rings (SSSR count). The van der Waals surface area contributed by atoms with Crippen molar-refractivity contribution in [3.05, 3.63) is 57.6 Å². The molecule has 2 atom stereocenters. The number of aromatic hydroxyl groups is 2. The maximum absolute atomic E-state index is 13.3. The molecule has 150 valence electrons. The highest BCUT2D eigenvalue weighted by Gasteiger charge is 2.50. The maximum atomic E-state index is 13.3. The molecule has 1 fully saturated rings. The highest BCUT2D eigenvalue weighted by atomic mass is 16.3. The number of carbonyl (C=O) groups is 2. The lowest BCUT2D eigenvalue weighted by Crippen LogP contribution is -2.48. The topological polar surface area (TPSA) is 74.6 Å². The second-order valence-electron chi connectivity index (χ2n) is 9.92. The molecule has 3 aliphatic carbocycles. The van der Waals surface area contributed by atoms with Crippen molar-refractivity contribution in [2.75, 3.05) is 0 Å². The van der Waals surface area contributed by atoms with Crippen LogP contribution in [0.2, 0.25) is 0 Å². The van der Waals surface area contributed by atoms with Crippen molar-refractivity contribution in [1.29, 1.82) is 0 Å². The molecular weight excluding hydrogens is 364 g/mol. The number of fused-ring (bicyclic) bond motifs is 5. The molecule has 0 aromatic heterocycles. The first kappa shape index (κ1) is 18.4. The Morgan fingerprint density at radius 3 is 2.10 bits per heavy atom. The molecule has 0 saturated heterocycles. The molecule has 2 aromatic carbocycles. The van der Waals surface area contributed by atoms with E-state index in [0.717, 1.165) is 31.2 Å². The first-order chi connectivity index (χ1) is 13.6. The molecular formula is C25H26O4. The Bertz CT molecular complexity index is 1090. The molecule has 0 radical (unpaired) electrons. The molecule has 2 N–H and O–H groups in total. The number of hydrogen-bond acceptors (Lipinski definition) is 4. The minimum Gasteiger partial charge on any atom is -0.507 e. The zero-order valence-electron chi connectivity index (χ0n) is 17.1. The van der Waals surface area contributed by atoms with Crippen molar-refractivity contribution in [3.63, 3.8) is 0 Å². The third-order valence-electron chi connectivity index (χ3n) is 7.90. The van der Waals surface area contributed by atoms with Crippen LogP contribution in [0.25, 0.3) is 0 Å². The molecule has 0 spiro atoms. The monoisotopic (exact) mass is 390 g/mol. The number of phenols is 2. The van der Waals surface area contributed by atoms with Crippen molar-refractivity contribution < 1.29 is 19.8 Å². The van der Waals surface area contributed by atoms with E-state index >= 15 is 0 Å². The lowest BCUT2D eigenvalue weighted by atomic mass is 9.50. The average molecular weight is 390 g/mol. The fraction of sp³-hybridized carbons (Fsp3) is 0.440. The van der Waals surface area contributed by atoms with E-state index in [-0.39, 0.29) is 45.0 Å². The number of ketones is 2. The summed E-state index contributed by atoms with van der Waals surface area (Å²) in [5, 5.41) is 20.5. The van der Waals surface area contributed by atoms with Crippen molar-refractivity contribution >= 4 is 11.6 Å². The van der Waals surface area contributed by atoms with Gasteiger partial charge in [-0.1, -0.05) is 27.2 Å². The van der Waals surface area contributed by atoms with Crippen LogP contribution in [0.3, 0.4) is 0 Å². The van der Waals surface area contributed by atoms with Crippen LogP contribution in [0.5, 0.6) is 11.5 Å². The van der Waals surface area contributed by atoms with Gasteiger partial charge in [0.05, 0.1) is 11.1 Å². The van der Waals surface area contributed by atoms with E-state index in [9.17, 15) is 19.8 Å². The van der Waals surface area contributed by atoms with E-state index in [2.05, 4.69) is 20.8 Å². The molecule has 0 unspecified atom stereocenters. The van der Waals surface area contributed by atoms with Gasteiger partial charge in [0.1, 0.15) is 11.5 Å². The average Bonchev–Trinajstić information content (AvgIpc) is 2.66. The van der Waals surface area contributed by atoms with E-state index in [1.54, 1.807) is 0 Å². The number of aryl methyl sites for hydroxylation is 1. The minimum atomic E-state index is -0.387. The van der Waals surface area contributed by atoms with Crippen LogP contribution in [-0.2, 0) is 11.8 Å². The Hall–Kier alpha value is -2.62. The number of carbonyl (C=O) groups excluding carboxylic acids is 2. The van der Waals surface area contributed by atoms with Crippen LogP contribution >= 0.6 is 0 Å². The molecule has 3 aliphatic rings. The van der Waals surface area contributed by atoms with Crippen molar-refractivity contribution in [3.8, 4) is 11.5 Å². The Kier molecular flexibility index (Phi) is 3.63. The molecule has 0 bridgehead atoms. The largest absolute Gasteiger partial charge is 0.507 e. The Morgan fingerprint density at radius 2 is 1.48 bits per heavy atom. The number of phenolic OH excluding ortho intramolecular Hbond substituents is 2. The third-order valence-corrected chi connectivity index (χ3v) is 7.90. The quantitative estimate of drug-likeness (QED) is 0.535. The fourth-order valence-electron chi connectivity index (χ4n) is 6.52. The van der Waals surface area contributed by atoms with E-state index in [1.807, 2.05) is 12.1 Å². The van der Waals surface area contributed by atoms with Gasteiger partial charge in [0.15, 0.2) is 11.6 Å². The third kappa shape index (κ3) is 2.32. The van der Waals surface area contributed by atoms with Gasteiger partial charge in [0.2, 0.25) is 0 Å². The van der Waals surface area contributed by atoms with Crippen LogP contribution in [0.4, 0.5) is 0 Å². The summed E-state index contributed by atoms with van der Waals surface area (Å²) in [6.07, 6.45) is 5.43. The van der Waals surface area contributed by atoms with Gasteiger partial charge in [-0.05, 0) is 77.8 Å². The van der Waals surface area contributed by atoms with Gasteiger partial charge in [0.25, 0.3) is 0 Å². The second-order valence-corrected chi connectivity index (χ2v) is 9.92. The molecule has 0 heterocycles. The SMILES string of the molecule is CC1(C)CCC[C@]2(C)c3cc4c(cc3CC[C@@H]12)C(=O)c1c(O)ccc(O)c1C4=O. The summed E-state index contributed by atoms with van der Waals surface area (Å²) in [5.74, 6) is -0.759. The van der Waals surface area contributed by atoms with Gasteiger partial charge < -0.3 is 10.2 Å². The Balaban J connectivity index is 1.73. The van der Waals surface area contributed by atoms with Crippen molar-refractivity contribution in [2.45, 2.75) is 58.3 Å². The van der Waals surface area contributed by atoms with Crippen LogP contribution in [0.1, 0.15) is 89.4 Å². The van der Waals surface area contributed by atoms with Gasteiger partial charge >= 0.3 is 0 Å². The van der Waals surface area contributed by atoms with Crippen LogP contribution < -0.4 is 0 Å².